The Morgan fingerprint density at radius 1 is 1.17 bits per heavy atom. The maximum atomic E-state index is 12.9. The van der Waals surface area contributed by atoms with E-state index in [1.165, 1.54) is 4.68 Å². The summed E-state index contributed by atoms with van der Waals surface area (Å²) in [5.74, 6) is -0.439. The Bertz CT molecular complexity index is 1340. The highest BCUT2D eigenvalue weighted by Crippen LogP contribution is 2.26. The number of hydrogen-bond donors (Lipinski definition) is 0. The van der Waals surface area contributed by atoms with Gasteiger partial charge in [-0.3, -0.25) is 4.79 Å². The topological polar surface area (TPSA) is 63.6 Å². The van der Waals surface area contributed by atoms with Crippen LogP contribution in [-0.4, -0.2) is 20.3 Å². The molecule has 5 nitrogen and oxygen atoms in total. The molecule has 0 N–H and O–H groups in total. The van der Waals surface area contributed by atoms with E-state index >= 15 is 0 Å². The third-order valence-corrected chi connectivity index (χ3v) is 5.34. The summed E-state index contributed by atoms with van der Waals surface area (Å²) in [7, 11) is 0. The zero-order chi connectivity index (χ0) is 21.3. The zero-order valence-electron chi connectivity index (χ0n) is 16.6. The van der Waals surface area contributed by atoms with E-state index < -0.39 is 5.91 Å². The maximum Gasteiger partial charge on any atom is 0.289 e. The fourth-order valence-electron chi connectivity index (χ4n) is 3.58. The molecule has 0 atom stereocenters. The minimum absolute atomic E-state index is 0.0295. The second kappa shape index (κ2) is 8.02. The molecule has 2 aromatic carbocycles. The molecule has 6 heteroatoms. The van der Waals surface area contributed by atoms with E-state index in [1.54, 1.807) is 13.0 Å². The first-order chi connectivity index (χ1) is 14.5. The molecule has 4 aromatic rings. The van der Waals surface area contributed by atoms with E-state index in [2.05, 4.69) is 9.67 Å². The van der Waals surface area contributed by atoms with Crippen molar-refractivity contribution < 1.29 is 4.79 Å². The summed E-state index contributed by atoms with van der Waals surface area (Å²) in [6, 6.07) is 19.4. The Labute approximate surface area is 179 Å². The number of nitriles is 1. The van der Waals surface area contributed by atoms with E-state index in [4.69, 9.17) is 11.6 Å². The second-order valence-electron chi connectivity index (χ2n) is 7.13. The summed E-state index contributed by atoms with van der Waals surface area (Å²) < 4.78 is 3.35. The lowest BCUT2D eigenvalue weighted by molar-refractivity contribution is 0.0944. The number of carbonyl (C=O) groups excluding carboxylic acids is 1. The van der Waals surface area contributed by atoms with E-state index in [-0.39, 0.29) is 5.57 Å². The van der Waals surface area contributed by atoms with Crippen LogP contribution in [0.3, 0.4) is 0 Å². The van der Waals surface area contributed by atoms with Gasteiger partial charge in [-0.05, 0) is 43.7 Å². The summed E-state index contributed by atoms with van der Waals surface area (Å²) in [6.45, 7) is 4.19. The van der Waals surface area contributed by atoms with Crippen molar-refractivity contribution in [3.05, 3.63) is 93.9 Å². The summed E-state index contributed by atoms with van der Waals surface area (Å²) in [5, 5.41) is 15.5. The van der Waals surface area contributed by atoms with E-state index in [0.29, 0.717) is 17.3 Å². The van der Waals surface area contributed by atoms with Crippen molar-refractivity contribution in [2.24, 2.45) is 0 Å². The molecule has 30 heavy (non-hydrogen) atoms. The Balaban J connectivity index is 1.79. The van der Waals surface area contributed by atoms with Gasteiger partial charge in [0.2, 0.25) is 0 Å². The standard InChI is InChI=1S/C24H19ClN4O/c1-16-11-17(2)29(27-16)24(30)19(13-26)12-20-15-28(23-10-6-4-8-21(20)23)14-18-7-3-5-9-22(18)25/h3-12,15H,14H2,1-2H3/b19-12+. The lowest BCUT2D eigenvalue weighted by atomic mass is 10.1. The smallest absolute Gasteiger partial charge is 0.289 e. The van der Waals surface area contributed by atoms with E-state index in [9.17, 15) is 10.1 Å². The Morgan fingerprint density at radius 2 is 1.90 bits per heavy atom. The molecule has 0 aliphatic carbocycles. The molecule has 0 fully saturated rings. The maximum absolute atomic E-state index is 12.9. The van der Waals surface area contributed by atoms with Crippen LogP contribution in [0, 0.1) is 25.2 Å². The van der Waals surface area contributed by atoms with Gasteiger partial charge >= 0.3 is 0 Å². The first-order valence-corrected chi connectivity index (χ1v) is 9.87. The first-order valence-electron chi connectivity index (χ1n) is 9.49. The minimum Gasteiger partial charge on any atom is -0.342 e. The van der Waals surface area contributed by atoms with Gasteiger partial charge in [0, 0.05) is 39.9 Å². The van der Waals surface area contributed by atoms with Gasteiger partial charge in [0.15, 0.2) is 0 Å². The number of allylic oxidation sites excluding steroid dienone is 1. The van der Waals surface area contributed by atoms with Crippen LogP contribution < -0.4 is 0 Å². The molecule has 4 rings (SSSR count). The van der Waals surface area contributed by atoms with Crippen LogP contribution in [0.25, 0.3) is 17.0 Å². The summed E-state index contributed by atoms with van der Waals surface area (Å²) in [4.78, 5) is 12.9. The van der Waals surface area contributed by atoms with Gasteiger partial charge in [-0.25, -0.2) is 4.68 Å². The van der Waals surface area contributed by atoms with Crippen LogP contribution in [0.4, 0.5) is 0 Å². The number of aryl methyl sites for hydroxylation is 2. The highest BCUT2D eigenvalue weighted by molar-refractivity contribution is 6.31. The molecule has 148 valence electrons. The summed E-state index contributed by atoms with van der Waals surface area (Å²) >= 11 is 6.34. The predicted octanol–water partition coefficient (Wildman–Crippen LogP) is 5.40. The quantitative estimate of drug-likeness (QED) is 0.331. The van der Waals surface area contributed by atoms with Crippen molar-refractivity contribution in [3.63, 3.8) is 0 Å². The van der Waals surface area contributed by atoms with Crippen molar-refractivity contribution in [3.8, 4) is 6.07 Å². The molecule has 0 bridgehead atoms. The van der Waals surface area contributed by atoms with Crippen molar-refractivity contribution in [1.82, 2.24) is 14.3 Å². The van der Waals surface area contributed by atoms with Gasteiger partial charge in [0.1, 0.15) is 11.6 Å². The second-order valence-corrected chi connectivity index (χ2v) is 7.54. The number of nitrogens with zero attached hydrogens (tertiary/aromatic N) is 4. The van der Waals surface area contributed by atoms with Crippen molar-refractivity contribution in [1.29, 1.82) is 5.26 Å². The van der Waals surface area contributed by atoms with Crippen LogP contribution in [0.2, 0.25) is 5.02 Å². The van der Waals surface area contributed by atoms with Gasteiger partial charge in [-0.15, -0.1) is 0 Å². The summed E-state index contributed by atoms with van der Waals surface area (Å²) in [5.41, 5.74) is 4.24. The summed E-state index contributed by atoms with van der Waals surface area (Å²) in [6.07, 6.45) is 3.57. The molecule has 2 aromatic heterocycles. The van der Waals surface area contributed by atoms with Gasteiger partial charge in [-0.1, -0.05) is 48.0 Å². The van der Waals surface area contributed by atoms with Gasteiger partial charge in [-0.2, -0.15) is 10.4 Å². The average Bonchev–Trinajstić information content (AvgIpc) is 3.26. The third kappa shape index (κ3) is 3.66. The fraction of sp³-hybridized carbons (Fsp3) is 0.125. The molecular weight excluding hydrogens is 396 g/mol. The molecule has 0 spiro atoms. The molecule has 0 radical (unpaired) electrons. The van der Waals surface area contributed by atoms with Gasteiger partial charge in [0.25, 0.3) is 5.91 Å². The molecule has 0 aliphatic heterocycles. The van der Waals surface area contributed by atoms with E-state index in [1.807, 2.05) is 73.8 Å². The third-order valence-electron chi connectivity index (χ3n) is 4.97. The predicted molar refractivity (Wildman–Crippen MR) is 118 cm³/mol. The van der Waals surface area contributed by atoms with Crippen molar-refractivity contribution >= 4 is 34.5 Å². The molecule has 2 heterocycles. The SMILES string of the molecule is Cc1cc(C)n(C(=O)/C(C#N)=C/c2cn(Cc3ccccc3Cl)c3ccccc23)n1. The number of hydrogen-bond acceptors (Lipinski definition) is 3. The molecular formula is C24H19ClN4O. The number of benzene rings is 2. The molecule has 0 saturated heterocycles. The van der Waals surface area contributed by atoms with E-state index in [0.717, 1.165) is 27.7 Å². The van der Waals surface area contributed by atoms with Crippen LogP contribution in [-0.2, 0) is 6.54 Å². The van der Waals surface area contributed by atoms with Gasteiger partial charge in [0.05, 0.1) is 5.69 Å². The number of halogens is 1. The van der Waals surface area contributed by atoms with Crippen molar-refractivity contribution in [2.75, 3.05) is 0 Å². The average molecular weight is 415 g/mol. The lowest BCUT2D eigenvalue weighted by Gasteiger charge is -2.07. The molecule has 0 saturated carbocycles. The zero-order valence-corrected chi connectivity index (χ0v) is 17.4. The number of fused-ring (bicyclic) bond motifs is 1. The van der Waals surface area contributed by atoms with Crippen LogP contribution in [0.1, 0.15) is 27.3 Å². The lowest BCUT2D eigenvalue weighted by Crippen LogP contribution is -2.15. The number of aromatic nitrogens is 3. The largest absolute Gasteiger partial charge is 0.342 e. The fourth-order valence-corrected chi connectivity index (χ4v) is 3.77. The Kier molecular flexibility index (Phi) is 5.26. The number of para-hydroxylation sites is 1. The van der Waals surface area contributed by atoms with Crippen LogP contribution in [0.15, 0.2) is 66.4 Å². The molecule has 0 aliphatic rings. The molecule has 0 amide bonds. The van der Waals surface area contributed by atoms with Crippen LogP contribution in [0.5, 0.6) is 0 Å². The first kappa shape index (κ1) is 19.7. The van der Waals surface area contributed by atoms with Crippen LogP contribution >= 0.6 is 11.6 Å². The highest BCUT2D eigenvalue weighted by Gasteiger charge is 2.17. The Hall–Kier alpha value is -3.62. The number of carbonyl (C=O) groups is 1. The van der Waals surface area contributed by atoms with Crippen molar-refractivity contribution in [2.45, 2.75) is 20.4 Å². The Morgan fingerprint density at radius 3 is 2.60 bits per heavy atom. The monoisotopic (exact) mass is 414 g/mol. The highest BCUT2D eigenvalue weighted by atomic mass is 35.5. The molecule has 0 unspecified atom stereocenters. The number of rotatable bonds is 4. The normalized spacial score (nSPS) is 11.6. The van der Waals surface area contributed by atoms with Gasteiger partial charge < -0.3 is 4.57 Å². The minimum atomic E-state index is -0.439.